The van der Waals surface area contributed by atoms with Crippen molar-refractivity contribution < 1.29 is 14.6 Å². The van der Waals surface area contributed by atoms with Crippen LogP contribution in [0.2, 0.25) is 0 Å². The highest BCUT2D eigenvalue weighted by molar-refractivity contribution is 6.02. The average Bonchev–Trinajstić information content (AvgIpc) is 2.81. The molecular formula is C25H33N3O3. The lowest BCUT2D eigenvalue weighted by molar-refractivity contribution is 0.129. The third-order valence-electron chi connectivity index (χ3n) is 6.45. The van der Waals surface area contributed by atoms with Gasteiger partial charge in [-0.15, -0.1) is 0 Å². The summed E-state index contributed by atoms with van der Waals surface area (Å²) in [6, 6.07) is 13.8. The van der Waals surface area contributed by atoms with Crippen LogP contribution >= 0.6 is 0 Å². The van der Waals surface area contributed by atoms with Crippen molar-refractivity contribution in [2.45, 2.75) is 44.8 Å². The fourth-order valence-electron chi connectivity index (χ4n) is 4.65. The molecule has 0 aliphatic carbocycles. The van der Waals surface area contributed by atoms with Crippen molar-refractivity contribution in [3.8, 4) is 17.2 Å². The van der Waals surface area contributed by atoms with E-state index in [1.807, 2.05) is 37.3 Å². The molecule has 2 N–H and O–H groups in total. The molecule has 4 rings (SSSR count). The first-order chi connectivity index (χ1) is 15.1. The molecule has 1 saturated heterocycles. The van der Waals surface area contributed by atoms with Crippen molar-refractivity contribution >= 4 is 5.71 Å². The first kappa shape index (κ1) is 21.7. The smallest absolute Gasteiger partial charge is 0.162 e. The van der Waals surface area contributed by atoms with Gasteiger partial charge in [0.2, 0.25) is 0 Å². The summed E-state index contributed by atoms with van der Waals surface area (Å²) >= 11 is 0. The molecule has 1 fully saturated rings. The summed E-state index contributed by atoms with van der Waals surface area (Å²) in [5, 5.41) is 14.7. The minimum absolute atomic E-state index is 0.0387. The first-order valence-corrected chi connectivity index (χ1v) is 11.3. The maximum atomic E-state index is 10.9. The van der Waals surface area contributed by atoms with Crippen LogP contribution in [-0.4, -0.2) is 54.7 Å². The fourth-order valence-corrected chi connectivity index (χ4v) is 4.65. The van der Waals surface area contributed by atoms with E-state index in [2.05, 4.69) is 29.3 Å². The van der Waals surface area contributed by atoms with Gasteiger partial charge in [-0.3, -0.25) is 10.3 Å². The quantitative estimate of drug-likeness (QED) is 0.731. The number of aliphatic imine (C=N–C) groups is 1. The van der Waals surface area contributed by atoms with Crippen LogP contribution in [0.4, 0.5) is 0 Å². The van der Waals surface area contributed by atoms with Gasteiger partial charge in [-0.25, -0.2) is 0 Å². The molecule has 1 unspecified atom stereocenters. The van der Waals surface area contributed by atoms with E-state index in [0.29, 0.717) is 18.8 Å². The number of hydrogen-bond donors (Lipinski definition) is 2. The van der Waals surface area contributed by atoms with Gasteiger partial charge in [0.05, 0.1) is 13.7 Å². The van der Waals surface area contributed by atoms with E-state index in [9.17, 15) is 5.11 Å². The minimum Gasteiger partial charge on any atom is -0.504 e. The molecule has 0 bridgehead atoms. The molecule has 0 amide bonds. The van der Waals surface area contributed by atoms with Crippen molar-refractivity contribution in [3.05, 3.63) is 53.6 Å². The second kappa shape index (κ2) is 9.28. The molecule has 2 aromatic carbocycles. The van der Waals surface area contributed by atoms with Gasteiger partial charge in [0.15, 0.2) is 11.5 Å². The van der Waals surface area contributed by atoms with E-state index in [1.165, 1.54) is 0 Å². The summed E-state index contributed by atoms with van der Waals surface area (Å²) in [5.41, 5.74) is 2.71. The maximum absolute atomic E-state index is 10.9. The summed E-state index contributed by atoms with van der Waals surface area (Å²) in [7, 11) is 1.68. The number of rotatable bonds is 6. The molecule has 2 heterocycles. The Labute approximate surface area is 184 Å². The highest BCUT2D eigenvalue weighted by Gasteiger charge is 2.40. The Kier molecular flexibility index (Phi) is 6.49. The number of phenolic OH excluding ortho intramolecular Hbond substituents is 1. The zero-order valence-corrected chi connectivity index (χ0v) is 18.7. The Morgan fingerprint density at radius 1 is 1.13 bits per heavy atom. The molecule has 0 aromatic heterocycles. The number of piperidine rings is 1. The zero-order valence-electron chi connectivity index (χ0n) is 18.7. The first-order valence-electron chi connectivity index (χ1n) is 11.3. The highest BCUT2D eigenvalue weighted by atomic mass is 16.5. The lowest BCUT2D eigenvalue weighted by atomic mass is 9.87. The lowest BCUT2D eigenvalue weighted by Crippen LogP contribution is -2.56. The molecule has 1 spiro atoms. The van der Waals surface area contributed by atoms with Crippen LogP contribution in [0.5, 0.6) is 17.2 Å². The third-order valence-corrected chi connectivity index (χ3v) is 6.45. The van der Waals surface area contributed by atoms with Gasteiger partial charge in [-0.2, -0.15) is 0 Å². The number of benzene rings is 2. The summed E-state index contributed by atoms with van der Waals surface area (Å²) in [6.45, 7) is 7.74. The number of phenols is 1. The van der Waals surface area contributed by atoms with Gasteiger partial charge in [0.25, 0.3) is 0 Å². The summed E-state index contributed by atoms with van der Waals surface area (Å²) in [6.07, 6.45) is 2.60. The van der Waals surface area contributed by atoms with Crippen molar-refractivity contribution in [2.24, 2.45) is 4.99 Å². The van der Waals surface area contributed by atoms with Crippen molar-refractivity contribution in [2.75, 3.05) is 33.4 Å². The van der Waals surface area contributed by atoms with Crippen LogP contribution in [0.15, 0.2) is 47.5 Å². The monoisotopic (exact) mass is 423 g/mol. The Bertz CT molecular complexity index is 918. The molecule has 0 saturated carbocycles. The number of nitrogens with one attached hydrogen (secondary N) is 1. The molecule has 31 heavy (non-hydrogen) atoms. The molecule has 2 aliphatic rings. The standard InChI is InChI=1S/C25H33N3O3/c1-4-28-15-13-25(14-16-28)26-21(18-9-11-19(30-3)12-10-18)17-22(27-25)20-7-6-8-23(24(20)29)31-5-2/h6-12,22,27,29H,4-5,13-17H2,1-3H3. The Morgan fingerprint density at radius 2 is 1.87 bits per heavy atom. The molecule has 6 heteroatoms. The van der Waals surface area contributed by atoms with Crippen LogP contribution in [0.3, 0.4) is 0 Å². The van der Waals surface area contributed by atoms with E-state index in [-0.39, 0.29) is 17.5 Å². The topological polar surface area (TPSA) is 66.3 Å². The van der Waals surface area contributed by atoms with Crippen LogP contribution in [-0.2, 0) is 0 Å². The van der Waals surface area contributed by atoms with Crippen LogP contribution in [0, 0.1) is 0 Å². The van der Waals surface area contributed by atoms with Crippen molar-refractivity contribution in [1.29, 1.82) is 0 Å². The van der Waals surface area contributed by atoms with E-state index in [4.69, 9.17) is 14.5 Å². The Morgan fingerprint density at radius 3 is 2.52 bits per heavy atom. The molecule has 1 atom stereocenters. The summed E-state index contributed by atoms with van der Waals surface area (Å²) in [5.74, 6) is 1.59. The minimum atomic E-state index is -0.322. The second-order valence-corrected chi connectivity index (χ2v) is 8.28. The van der Waals surface area contributed by atoms with Gasteiger partial charge >= 0.3 is 0 Å². The summed E-state index contributed by atoms with van der Waals surface area (Å²) in [4.78, 5) is 7.72. The molecule has 0 radical (unpaired) electrons. The highest BCUT2D eigenvalue weighted by Crippen LogP contribution is 2.40. The predicted octanol–water partition coefficient (Wildman–Crippen LogP) is 4.14. The summed E-state index contributed by atoms with van der Waals surface area (Å²) < 4.78 is 11.0. The van der Waals surface area contributed by atoms with Crippen LogP contribution in [0.1, 0.15) is 50.3 Å². The Balaban J connectivity index is 1.70. The van der Waals surface area contributed by atoms with Gasteiger partial charge in [-0.1, -0.05) is 19.1 Å². The molecule has 6 nitrogen and oxygen atoms in total. The van der Waals surface area contributed by atoms with E-state index in [1.54, 1.807) is 7.11 Å². The molecule has 2 aliphatic heterocycles. The number of hydrogen-bond acceptors (Lipinski definition) is 6. The van der Waals surface area contributed by atoms with E-state index >= 15 is 0 Å². The van der Waals surface area contributed by atoms with E-state index < -0.39 is 0 Å². The largest absolute Gasteiger partial charge is 0.504 e. The number of likely N-dealkylation sites (tertiary alicyclic amines) is 1. The fraction of sp³-hybridized carbons (Fsp3) is 0.480. The third kappa shape index (κ3) is 4.55. The second-order valence-electron chi connectivity index (χ2n) is 8.28. The predicted molar refractivity (Wildman–Crippen MR) is 123 cm³/mol. The van der Waals surface area contributed by atoms with Crippen LogP contribution in [0.25, 0.3) is 0 Å². The normalized spacial score (nSPS) is 21.0. The Hall–Kier alpha value is -2.57. The van der Waals surface area contributed by atoms with Crippen molar-refractivity contribution in [1.82, 2.24) is 10.2 Å². The van der Waals surface area contributed by atoms with Crippen LogP contribution < -0.4 is 14.8 Å². The number of methoxy groups -OCH3 is 1. The number of para-hydroxylation sites is 1. The van der Waals surface area contributed by atoms with Crippen molar-refractivity contribution in [3.63, 3.8) is 0 Å². The maximum Gasteiger partial charge on any atom is 0.162 e. The zero-order chi connectivity index (χ0) is 21.8. The van der Waals surface area contributed by atoms with Gasteiger partial charge in [0.1, 0.15) is 11.4 Å². The van der Waals surface area contributed by atoms with E-state index in [0.717, 1.165) is 55.1 Å². The lowest BCUT2D eigenvalue weighted by Gasteiger charge is -2.45. The van der Waals surface area contributed by atoms with Gasteiger partial charge in [-0.05, 0) is 62.2 Å². The molecule has 166 valence electrons. The number of ether oxygens (including phenoxy) is 2. The van der Waals surface area contributed by atoms with Gasteiger partial charge in [0, 0.05) is 36.8 Å². The molecule has 2 aromatic rings. The number of nitrogens with zero attached hydrogens (tertiary/aromatic N) is 2. The number of aromatic hydroxyl groups is 1. The van der Waals surface area contributed by atoms with Gasteiger partial charge < -0.3 is 19.5 Å². The molecular weight excluding hydrogens is 390 g/mol. The SMILES string of the molecule is CCOc1cccc(C2CC(c3ccc(OC)cc3)=NC3(CCN(CC)CC3)N2)c1O. The average molecular weight is 424 g/mol.